The van der Waals surface area contributed by atoms with Crippen LogP contribution >= 0.6 is 0 Å². The quantitative estimate of drug-likeness (QED) is 0.821. The summed E-state index contributed by atoms with van der Waals surface area (Å²) in [4.78, 5) is 17.2. The third-order valence-corrected chi connectivity index (χ3v) is 5.53. The summed E-state index contributed by atoms with van der Waals surface area (Å²) in [5.41, 5.74) is 0.995. The van der Waals surface area contributed by atoms with Crippen molar-refractivity contribution in [3.05, 3.63) is 28.2 Å². The highest BCUT2D eigenvalue weighted by Gasteiger charge is 2.28. The van der Waals surface area contributed by atoms with Crippen molar-refractivity contribution in [2.45, 2.75) is 58.4 Å². The third-order valence-electron chi connectivity index (χ3n) is 5.53. The van der Waals surface area contributed by atoms with Gasteiger partial charge in [0.15, 0.2) is 0 Å². The second-order valence-electron chi connectivity index (χ2n) is 8.87. The molecule has 0 saturated carbocycles. The average molecular weight is 347 g/mol. The first-order valence-electron chi connectivity index (χ1n) is 9.95. The van der Waals surface area contributed by atoms with Gasteiger partial charge in [0.25, 0.3) is 5.56 Å². The summed E-state index contributed by atoms with van der Waals surface area (Å²) in [6.45, 7) is 14.3. The molecular weight excluding hydrogens is 312 g/mol. The summed E-state index contributed by atoms with van der Waals surface area (Å²) >= 11 is 0. The van der Waals surface area contributed by atoms with Crippen molar-refractivity contribution < 1.29 is 0 Å². The Morgan fingerprint density at radius 1 is 1.00 bits per heavy atom. The van der Waals surface area contributed by atoms with Crippen LogP contribution in [0.25, 0.3) is 0 Å². The molecule has 2 aliphatic heterocycles. The van der Waals surface area contributed by atoms with Crippen LogP contribution in [0.3, 0.4) is 0 Å². The fourth-order valence-corrected chi connectivity index (χ4v) is 3.84. The van der Waals surface area contributed by atoms with Gasteiger partial charge in [0.2, 0.25) is 0 Å². The minimum absolute atomic E-state index is 0.0196. The van der Waals surface area contributed by atoms with E-state index in [1.807, 2.05) is 6.07 Å². The molecule has 0 atom stereocenters. The molecule has 5 heteroatoms. The maximum absolute atomic E-state index is 12.1. The van der Waals surface area contributed by atoms with E-state index < -0.39 is 0 Å². The first-order chi connectivity index (χ1) is 11.9. The lowest BCUT2D eigenvalue weighted by molar-refractivity contribution is 0.0717. The van der Waals surface area contributed by atoms with Crippen molar-refractivity contribution in [3.8, 4) is 0 Å². The first-order valence-corrected chi connectivity index (χ1v) is 9.95. The van der Waals surface area contributed by atoms with Crippen molar-refractivity contribution in [2.75, 3.05) is 39.3 Å². The summed E-state index contributed by atoms with van der Waals surface area (Å²) < 4.78 is 1.68. The Bertz CT molecular complexity index is 605. The molecule has 0 aliphatic carbocycles. The second-order valence-corrected chi connectivity index (χ2v) is 8.87. The zero-order valence-corrected chi connectivity index (χ0v) is 16.2. The Morgan fingerprint density at radius 3 is 2.28 bits per heavy atom. The first kappa shape index (κ1) is 18.6. The molecule has 0 amide bonds. The number of aromatic nitrogens is 2. The Kier molecular flexibility index (Phi) is 5.95. The van der Waals surface area contributed by atoms with Crippen LogP contribution < -0.4 is 5.56 Å². The zero-order chi connectivity index (χ0) is 17.9. The molecule has 25 heavy (non-hydrogen) atoms. The predicted molar refractivity (Wildman–Crippen MR) is 102 cm³/mol. The zero-order valence-electron chi connectivity index (χ0n) is 16.2. The second kappa shape index (κ2) is 8.00. The SMILES string of the molecule is CC(C)(C)c1ccc(=O)n(CC2CN(CCN3CCCCCC3)C2)n1. The molecule has 3 heterocycles. The lowest BCUT2D eigenvalue weighted by Crippen LogP contribution is -2.51. The van der Waals surface area contributed by atoms with E-state index in [9.17, 15) is 4.79 Å². The number of hydrogen-bond acceptors (Lipinski definition) is 4. The minimum Gasteiger partial charge on any atom is -0.302 e. The largest absolute Gasteiger partial charge is 0.302 e. The molecule has 0 N–H and O–H groups in total. The van der Waals surface area contributed by atoms with Crippen LogP contribution in [0.1, 0.15) is 52.1 Å². The lowest BCUT2D eigenvalue weighted by atomic mass is 9.92. The van der Waals surface area contributed by atoms with Crippen molar-refractivity contribution in [1.29, 1.82) is 0 Å². The van der Waals surface area contributed by atoms with Gasteiger partial charge in [-0.3, -0.25) is 4.79 Å². The van der Waals surface area contributed by atoms with Crippen molar-refractivity contribution >= 4 is 0 Å². The van der Waals surface area contributed by atoms with E-state index in [0.29, 0.717) is 5.92 Å². The van der Waals surface area contributed by atoms with E-state index >= 15 is 0 Å². The van der Waals surface area contributed by atoms with Gasteiger partial charge in [0, 0.05) is 43.6 Å². The van der Waals surface area contributed by atoms with Gasteiger partial charge in [-0.1, -0.05) is 33.6 Å². The van der Waals surface area contributed by atoms with Crippen LogP contribution in [0.5, 0.6) is 0 Å². The molecule has 0 aromatic carbocycles. The third kappa shape index (κ3) is 5.14. The predicted octanol–water partition coefficient (Wildman–Crippen LogP) is 2.35. The van der Waals surface area contributed by atoms with Gasteiger partial charge in [-0.25, -0.2) is 4.68 Å². The maximum Gasteiger partial charge on any atom is 0.266 e. The Labute approximate surface area is 152 Å². The fourth-order valence-electron chi connectivity index (χ4n) is 3.84. The van der Waals surface area contributed by atoms with Crippen LogP contribution in [0.2, 0.25) is 0 Å². The minimum atomic E-state index is -0.0196. The van der Waals surface area contributed by atoms with Crippen molar-refractivity contribution in [1.82, 2.24) is 19.6 Å². The Balaban J connectivity index is 1.45. The van der Waals surface area contributed by atoms with Gasteiger partial charge in [0.05, 0.1) is 12.2 Å². The topological polar surface area (TPSA) is 41.4 Å². The molecule has 0 bridgehead atoms. The van der Waals surface area contributed by atoms with E-state index in [2.05, 4.69) is 35.7 Å². The summed E-state index contributed by atoms with van der Waals surface area (Å²) in [5, 5.41) is 4.60. The van der Waals surface area contributed by atoms with Gasteiger partial charge in [-0.2, -0.15) is 5.10 Å². The lowest BCUT2D eigenvalue weighted by Gasteiger charge is -2.40. The molecule has 1 aromatic rings. The number of rotatable bonds is 5. The van der Waals surface area contributed by atoms with Crippen LogP contribution in [-0.2, 0) is 12.0 Å². The molecule has 0 radical (unpaired) electrons. The number of nitrogens with zero attached hydrogens (tertiary/aromatic N) is 4. The van der Waals surface area contributed by atoms with Crippen molar-refractivity contribution in [3.63, 3.8) is 0 Å². The highest BCUT2D eigenvalue weighted by Crippen LogP contribution is 2.20. The molecule has 1 aromatic heterocycles. The maximum atomic E-state index is 12.1. The van der Waals surface area contributed by atoms with E-state index in [0.717, 1.165) is 25.3 Å². The van der Waals surface area contributed by atoms with Gasteiger partial charge in [0.1, 0.15) is 0 Å². The van der Waals surface area contributed by atoms with Crippen LogP contribution in [0.4, 0.5) is 0 Å². The van der Waals surface area contributed by atoms with Crippen LogP contribution in [0.15, 0.2) is 16.9 Å². The van der Waals surface area contributed by atoms with E-state index in [1.54, 1.807) is 10.7 Å². The molecule has 2 saturated heterocycles. The molecule has 0 unspecified atom stereocenters. The van der Waals surface area contributed by atoms with Gasteiger partial charge < -0.3 is 9.80 Å². The van der Waals surface area contributed by atoms with Gasteiger partial charge in [-0.05, 0) is 32.0 Å². The van der Waals surface area contributed by atoms with E-state index in [4.69, 9.17) is 0 Å². The highest BCUT2D eigenvalue weighted by atomic mass is 16.1. The van der Waals surface area contributed by atoms with E-state index in [1.165, 1.54) is 51.9 Å². The average Bonchev–Trinajstić information content (AvgIpc) is 2.78. The van der Waals surface area contributed by atoms with Crippen LogP contribution in [-0.4, -0.2) is 58.8 Å². The number of likely N-dealkylation sites (tertiary alicyclic amines) is 2. The van der Waals surface area contributed by atoms with Crippen LogP contribution in [0, 0.1) is 5.92 Å². The molecule has 5 nitrogen and oxygen atoms in total. The smallest absolute Gasteiger partial charge is 0.266 e. The summed E-state index contributed by atoms with van der Waals surface area (Å²) in [6.07, 6.45) is 5.53. The van der Waals surface area contributed by atoms with Gasteiger partial charge >= 0.3 is 0 Å². The van der Waals surface area contributed by atoms with E-state index in [-0.39, 0.29) is 11.0 Å². The molecular formula is C20H34N4O. The molecule has 3 rings (SSSR count). The van der Waals surface area contributed by atoms with Gasteiger partial charge in [-0.15, -0.1) is 0 Å². The Hall–Kier alpha value is -1.20. The fraction of sp³-hybridized carbons (Fsp3) is 0.800. The normalized spacial score (nSPS) is 21.1. The molecule has 140 valence electrons. The standard InChI is InChI=1S/C20H34N4O/c1-20(2,3)18-8-9-19(25)24(21-18)16-17-14-23(15-17)13-12-22-10-6-4-5-7-11-22/h8-9,17H,4-7,10-16H2,1-3H3. The molecule has 2 fully saturated rings. The molecule has 0 spiro atoms. The van der Waals surface area contributed by atoms with Crippen molar-refractivity contribution in [2.24, 2.45) is 5.92 Å². The monoisotopic (exact) mass is 346 g/mol. The molecule has 2 aliphatic rings. The summed E-state index contributed by atoms with van der Waals surface area (Å²) in [5.74, 6) is 0.560. The summed E-state index contributed by atoms with van der Waals surface area (Å²) in [6, 6.07) is 3.54. The summed E-state index contributed by atoms with van der Waals surface area (Å²) in [7, 11) is 0. The highest BCUT2D eigenvalue weighted by molar-refractivity contribution is 5.10. The number of hydrogen-bond donors (Lipinski definition) is 0. The Morgan fingerprint density at radius 2 is 1.64 bits per heavy atom.